The van der Waals surface area contributed by atoms with Gasteiger partial charge < -0.3 is 30.1 Å². The Morgan fingerprint density at radius 3 is 2.88 bits per heavy atom. The van der Waals surface area contributed by atoms with Crippen molar-refractivity contribution in [1.29, 1.82) is 0 Å². The largest absolute Gasteiger partial charge is 0.469 e. The molecule has 1 fully saturated rings. The first-order valence-electron chi connectivity index (χ1n) is 9.58. The molecule has 1 saturated heterocycles. The number of hydrogen-bond acceptors (Lipinski definition) is 10. The van der Waals surface area contributed by atoms with Gasteiger partial charge in [-0.25, -0.2) is 9.55 Å². The highest BCUT2D eigenvalue weighted by atomic mass is 32.1. The van der Waals surface area contributed by atoms with Crippen LogP contribution in [-0.2, 0) is 26.0 Å². The number of nitrogens with zero attached hydrogens (tertiary/aromatic N) is 3. The quantitative estimate of drug-likeness (QED) is 0.253. The normalized spacial score (nSPS) is 26.1. The summed E-state index contributed by atoms with van der Waals surface area (Å²) in [7, 11) is -4.81. The number of rotatable bonds is 7. The fourth-order valence-electron chi connectivity index (χ4n) is 3.59. The van der Waals surface area contributed by atoms with Crippen molar-refractivity contribution in [2.24, 2.45) is 0 Å². The van der Waals surface area contributed by atoms with Gasteiger partial charge in [-0.1, -0.05) is 6.92 Å². The van der Waals surface area contributed by atoms with Crippen molar-refractivity contribution in [3.8, 4) is 0 Å². The van der Waals surface area contributed by atoms with E-state index in [-0.39, 0.29) is 17.1 Å². The molecular weight excluding hydrogens is 465 g/mol. The van der Waals surface area contributed by atoms with Crippen LogP contribution in [0.15, 0.2) is 22.6 Å². The molecule has 0 spiro atoms. The summed E-state index contributed by atoms with van der Waals surface area (Å²) in [4.78, 5) is 41.5. The van der Waals surface area contributed by atoms with Gasteiger partial charge in [-0.05, 0) is 30.4 Å². The van der Waals surface area contributed by atoms with E-state index in [9.17, 15) is 19.6 Å². The highest BCUT2D eigenvalue weighted by Crippen LogP contribution is 2.41. The molecule has 13 nitrogen and oxygen atoms in total. The van der Waals surface area contributed by atoms with Crippen LogP contribution in [0.25, 0.3) is 11.2 Å². The fourth-order valence-corrected chi connectivity index (χ4v) is 4.82. The number of H-pyrrole nitrogens is 1. The topological polar surface area (TPSA) is 192 Å². The first-order chi connectivity index (χ1) is 15.0. The molecule has 0 saturated carbocycles. The number of thiophene rings is 1. The molecule has 3 aromatic rings. The zero-order valence-corrected chi connectivity index (χ0v) is 18.7. The zero-order valence-electron chi connectivity index (χ0n) is 17.0. The fraction of sp³-hybridized carbons (Fsp3) is 0.471. The van der Waals surface area contributed by atoms with Crippen molar-refractivity contribution in [1.82, 2.24) is 19.5 Å². The molecule has 15 heteroatoms. The number of ether oxygens (including phenoxy) is 1. The van der Waals surface area contributed by atoms with Gasteiger partial charge in [0.15, 0.2) is 16.9 Å². The van der Waals surface area contributed by atoms with Gasteiger partial charge in [0.05, 0.1) is 17.9 Å². The van der Waals surface area contributed by atoms with Crippen LogP contribution in [0.4, 0.5) is 10.9 Å². The summed E-state index contributed by atoms with van der Waals surface area (Å²) in [5.41, 5.74) is -1.06. The van der Waals surface area contributed by atoms with Crippen LogP contribution in [0.3, 0.4) is 0 Å². The molecule has 32 heavy (non-hydrogen) atoms. The molecule has 1 aliphatic heterocycles. The summed E-state index contributed by atoms with van der Waals surface area (Å²) >= 11 is 1.45. The average Bonchev–Trinajstić information content (AvgIpc) is 3.40. The molecule has 4 rings (SSSR count). The predicted octanol–water partition coefficient (Wildman–Crippen LogP) is 0.390. The Morgan fingerprint density at radius 2 is 2.19 bits per heavy atom. The Labute approximate surface area is 184 Å². The lowest BCUT2D eigenvalue weighted by Crippen LogP contribution is -2.43. The molecule has 0 aromatic carbocycles. The third-order valence-corrected chi connectivity index (χ3v) is 6.65. The Balaban J connectivity index is 1.70. The minimum absolute atomic E-state index is 0.0149. The molecular formula is C17H22N5O8PS. The predicted molar refractivity (Wildman–Crippen MR) is 114 cm³/mol. The van der Waals surface area contributed by atoms with Crippen LogP contribution in [-0.4, -0.2) is 64.4 Å². The van der Waals surface area contributed by atoms with E-state index in [2.05, 4.69) is 24.8 Å². The maximum Gasteiger partial charge on any atom is 0.469 e. The van der Waals surface area contributed by atoms with E-state index >= 15 is 0 Å². The van der Waals surface area contributed by atoms with Gasteiger partial charge in [-0.3, -0.25) is 18.9 Å². The monoisotopic (exact) mass is 487 g/mol. The van der Waals surface area contributed by atoms with Crippen LogP contribution in [0.2, 0.25) is 0 Å². The maximum absolute atomic E-state index is 12.6. The second-order valence-electron chi connectivity index (χ2n) is 7.39. The van der Waals surface area contributed by atoms with Crippen LogP contribution in [0, 0.1) is 0 Å². The summed E-state index contributed by atoms with van der Waals surface area (Å²) in [6.07, 6.45) is -2.29. The summed E-state index contributed by atoms with van der Waals surface area (Å²) in [5.74, 6) is 0.152. The number of phosphoric acid groups is 1. The Bertz CT molecular complexity index is 1240. The van der Waals surface area contributed by atoms with Gasteiger partial charge in [0.25, 0.3) is 5.56 Å². The van der Waals surface area contributed by atoms with Crippen molar-refractivity contribution in [3.63, 3.8) is 0 Å². The molecule has 0 aliphatic carbocycles. The molecule has 3 aromatic heterocycles. The summed E-state index contributed by atoms with van der Waals surface area (Å²) in [5, 5.41) is 26.8. The van der Waals surface area contributed by atoms with Gasteiger partial charge in [0, 0.05) is 0 Å². The number of aromatic nitrogens is 4. The van der Waals surface area contributed by atoms with Gasteiger partial charge in [-0.2, -0.15) is 4.98 Å². The molecule has 0 unspecified atom stereocenters. The zero-order chi connectivity index (χ0) is 23.3. The van der Waals surface area contributed by atoms with Gasteiger partial charge in [0.1, 0.15) is 18.3 Å². The average molecular weight is 487 g/mol. The highest BCUT2D eigenvalue weighted by Gasteiger charge is 2.53. The number of hydrogen-bond donors (Lipinski definition) is 6. The lowest BCUT2D eigenvalue weighted by molar-refractivity contribution is -0.131. The van der Waals surface area contributed by atoms with Crippen molar-refractivity contribution in [2.75, 3.05) is 11.9 Å². The number of fused-ring (bicyclic) bond motifs is 1. The summed E-state index contributed by atoms with van der Waals surface area (Å²) in [6.45, 7) is 2.77. The summed E-state index contributed by atoms with van der Waals surface area (Å²) < 4.78 is 22.4. The molecule has 0 amide bonds. The lowest BCUT2D eigenvalue weighted by Gasteiger charge is -2.29. The Hall–Kier alpha value is -2.16. The third-order valence-electron chi connectivity index (χ3n) is 5.30. The van der Waals surface area contributed by atoms with Crippen molar-refractivity contribution in [2.45, 2.75) is 44.3 Å². The number of anilines is 2. The minimum atomic E-state index is -4.81. The van der Waals surface area contributed by atoms with E-state index in [1.165, 1.54) is 29.2 Å². The first kappa shape index (κ1) is 23.0. The molecule has 0 radical (unpaired) electrons. The van der Waals surface area contributed by atoms with E-state index in [4.69, 9.17) is 14.5 Å². The second kappa shape index (κ2) is 8.32. The van der Waals surface area contributed by atoms with Crippen LogP contribution >= 0.6 is 19.2 Å². The van der Waals surface area contributed by atoms with Gasteiger partial charge >= 0.3 is 7.82 Å². The molecule has 6 N–H and O–H groups in total. The SMILES string of the molecule is CCc1ccsc1Nc1nc2c(ncn2[C@]2(C)O[C@H](COP(=O)(O)O)[C@@H](O)[C@H]2O)c(=O)[nH]1. The third kappa shape index (κ3) is 4.11. The maximum atomic E-state index is 12.6. The molecule has 0 bridgehead atoms. The number of aryl methyl sites for hydroxylation is 1. The van der Waals surface area contributed by atoms with Crippen LogP contribution in [0.5, 0.6) is 0 Å². The van der Waals surface area contributed by atoms with E-state index in [0.717, 1.165) is 17.0 Å². The Kier molecular flexibility index (Phi) is 5.98. The summed E-state index contributed by atoms with van der Waals surface area (Å²) in [6, 6.07) is 1.96. The van der Waals surface area contributed by atoms with Crippen molar-refractivity contribution >= 4 is 41.3 Å². The molecule has 4 atom stereocenters. The van der Waals surface area contributed by atoms with E-state index in [1.54, 1.807) is 0 Å². The Morgan fingerprint density at radius 1 is 1.44 bits per heavy atom. The van der Waals surface area contributed by atoms with E-state index in [0.29, 0.717) is 0 Å². The standard InChI is InChI=1S/C17H22N5O8PS/c1-3-8-4-5-32-15(8)21-16-19-13-10(14(25)20-16)18-7-22(13)17(2)12(24)11(23)9(30-17)6-29-31(26,27)28/h4-5,7,9,11-12,23-24H,3,6H2,1-2H3,(H2,26,27,28)(H2,19,20,21,25)/t9-,11-,12-,17-/m1/s1. The highest BCUT2D eigenvalue weighted by molar-refractivity contribution is 7.46. The van der Waals surface area contributed by atoms with Gasteiger partial charge in [-0.15, -0.1) is 11.3 Å². The number of aliphatic hydroxyl groups is 2. The first-order valence-corrected chi connectivity index (χ1v) is 12.0. The number of imidazole rings is 1. The van der Waals surface area contributed by atoms with Crippen LogP contribution in [0.1, 0.15) is 19.4 Å². The van der Waals surface area contributed by atoms with E-state index < -0.39 is 44.0 Å². The molecule has 4 heterocycles. The van der Waals surface area contributed by atoms with Gasteiger partial charge in [0.2, 0.25) is 5.95 Å². The number of aliphatic hydroxyl groups excluding tert-OH is 2. The number of phosphoric ester groups is 1. The van der Waals surface area contributed by atoms with Crippen LogP contribution < -0.4 is 10.9 Å². The minimum Gasteiger partial charge on any atom is -0.387 e. The van der Waals surface area contributed by atoms with Crippen molar-refractivity contribution < 1.29 is 33.8 Å². The molecule has 1 aliphatic rings. The number of nitrogens with one attached hydrogen (secondary N) is 2. The van der Waals surface area contributed by atoms with E-state index in [1.807, 2.05) is 18.4 Å². The molecule has 174 valence electrons. The second-order valence-corrected chi connectivity index (χ2v) is 9.54. The van der Waals surface area contributed by atoms with Crippen molar-refractivity contribution in [3.05, 3.63) is 33.7 Å². The number of aromatic amines is 1. The smallest absolute Gasteiger partial charge is 0.387 e. The lowest BCUT2D eigenvalue weighted by atomic mass is 10.0.